The Balaban J connectivity index is 1.59. The highest BCUT2D eigenvalue weighted by Crippen LogP contribution is 2.31. The third-order valence-corrected chi connectivity index (χ3v) is 4.98. The number of alkyl halides is 3. The summed E-state index contributed by atoms with van der Waals surface area (Å²) in [6.07, 6.45) is -4.82. The lowest BCUT2D eigenvalue weighted by Crippen LogP contribution is -2.25. The van der Waals surface area contributed by atoms with Crippen LogP contribution in [-0.4, -0.2) is 23.5 Å². The Kier molecular flexibility index (Phi) is 7.37. The average molecular weight is 457 g/mol. The summed E-state index contributed by atoms with van der Waals surface area (Å²) >= 11 is 0. The molecule has 0 aliphatic carbocycles. The summed E-state index contributed by atoms with van der Waals surface area (Å²) in [7, 11) is 0. The van der Waals surface area contributed by atoms with E-state index in [0.29, 0.717) is 16.9 Å². The number of carbonyl (C=O) groups is 2. The van der Waals surface area contributed by atoms with Gasteiger partial charge in [-0.1, -0.05) is 36.4 Å². The van der Waals surface area contributed by atoms with E-state index >= 15 is 0 Å². The molecular formula is C25H22F3NO4. The molecule has 0 radical (unpaired) electrons. The summed E-state index contributed by atoms with van der Waals surface area (Å²) in [4.78, 5) is 22.5. The van der Waals surface area contributed by atoms with Crippen molar-refractivity contribution >= 4 is 11.9 Å². The largest absolute Gasteiger partial charge is 0.486 e. The number of benzene rings is 3. The second-order valence-corrected chi connectivity index (χ2v) is 7.38. The zero-order chi connectivity index (χ0) is 24.0. The predicted molar refractivity (Wildman–Crippen MR) is 117 cm³/mol. The van der Waals surface area contributed by atoms with Gasteiger partial charge in [0.05, 0.1) is 12.0 Å². The maximum absolute atomic E-state index is 12.7. The first-order chi connectivity index (χ1) is 15.6. The van der Waals surface area contributed by atoms with Crippen molar-refractivity contribution in [1.82, 2.24) is 5.32 Å². The summed E-state index contributed by atoms with van der Waals surface area (Å²) < 4.78 is 44.1. The minimum atomic E-state index is -4.36. The van der Waals surface area contributed by atoms with Crippen LogP contribution in [-0.2, 0) is 11.0 Å². The van der Waals surface area contributed by atoms with Gasteiger partial charge in [0.1, 0.15) is 11.9 Å². The van der Waals surface area contributed by atoms with Crippen LogP contribution in [0.2, 0.25) is 0 Å². The highest BCUT2D eigenvalue weighted by Gasteiger charge is 2.29. The van der Waals surface area contributed by atoms with Crippen LogP contribution in [0.1, 0.15) is 40.9 Å². The maximum Gasteiger partial charge on any atom is 0.416 e. The fourth-order valence-electron chi connectivity index (χ4n) is 3.14. The number of carboxylic acids is 1. The third-order valence-electron chi connectivity index (χ3n) is 4.98. The monoisotopic (exact) mass is 457 g/mol. The molecule has 0 aliphatic rings. The molecule has 0 bridgehead atoms. The zero-order valence-electron chi connectivity index (χ0n) is 17.7. The third kappa shape index (κ3) is 6.58. The number of hydrogen-bond donors (Lipinski definition) is 2. The molecule has 2 N–H and O–H groups in total. The van der Waals surface area contributed by atoms with Crippen LogP contribution in [0.25, 0.3) is 11.1 Å². The molecule has 0 aliphatic heterocycles. The van der Waals surface area contributed by atoms with Crippen LogP contribution in [0.3, 0.4) is 0 Å². The fourth-order valence-corrected chi connectivity index (χ4v) is 3.14. The maximum atomic E-state index is 12.7. The van der Waals surface area contributed by atoms with Gasteiger partial charge < -0.3 is 15.2 Å². The highest BCUT2D eigenvalue weighted by molar-refractivity contribution is 5.94. The van der Waals surface area contributed by atoms with Gasteiger partial charge in [-0.15, -0.1) is 0 Å². The predicted octanol–water partition coefficient (Wildman–Crippen LogP) is 5.72. The smallest absolute Gasteiger partial charge is 0.416 e. The minimum absolute atomic E-state index is 0.0475. The summed E-state index contributed by atoms with van der Waals surface area (Å²) in [5, 5.41) is 11.1. The lowest BCUT2D eigenvalue weighted by molar-refractivity contribution is -0.138. The number of carboxylic acid groups (broad SMARTS) is 1. The van der Waals surface area contributed by atoms with Gasteiger partial charge >= 0.3 is 12.1 Å². The van der Waals surface area contributed by atoms with Gasteiger partial charge in [0.15, 0.2) is 0 Å². The Morgan fingerprint density at radius 3 is 1.97 bits per heavy atom. The Morgan fingerprint density at radius 2 is 1.45 bits per heavy atom. The molecule has 0 saturated carbocycles. The minimum Gasteiger partial charge on any atom is -0.486 e. The molecule has 3 rings (SSSR count). The molecule has 5 nitrogen and oxygen atoms in total. The van der Waals surface area contributed by atoms with Crippen LogP contribution in [0.15, 0.2) is 72.8 Å². The number of hydrogen-bond acceptors (Lipinski definition) is 3. The van der Waals surface area contributed by atoms with E-state index in [1.807, 2.05) is 31.2 Å². The lowest BCUT2D eigenvalue weighted by Gasteiger charge is -2.16. The number of rotatable bonds is 8. The van der Waals surface area contributed by atoms with Gasteiger partial charge in [-0.25, -0.2) is 0 Å². The van der Waals surface area contributed by atoms with Crippen molar-refractivity contribution in [3.05, 3.63) is 89.5 Å². The van der Waals surface area contributed by atoms with Crippen molar-refractivity contribution in [2.75, 3.05) is 6.54 Å². The Labute approximate surface area is 188 Å². The molecule has 33 heavy (non-hydrogen) atoms. The number of nitrogens with one attached hydrogen (secondary N) is 1. The molecule has 1 amide bonds. The van der Waals surface area contributed by atoms with Gasteiger partial charge in [0.2, 0.25) is 0 Å². The van der Waals surface area contributed by atoms with Gasteiger partial charge in [-0.3, -0.25) is 9.59 Å². The summed E-state index contributed by atoms with van der Waals surface area (Å²) in [5.41, 5.74) is 2.05. The molecule has 172 valence electrons. The number of ether oxygens (including phenoxy) is 1. The molecule has 0 heterocycles. The first kappa shape index (κ1) is 23.8. The summed E-state index contributed by atoms with van der Waals surface area (Å²) in [5.74, 6) is -0.800. The number of aliphatic carboxylic acids is 1. The topological polar surface area (TPSA) is 75.6 Å². The summed E-state index contributed by atoms with van der Waals surface area (Å²) in [6.45, 7) is 1.91. The van der Waals surface area contributed by atoms with Gasteiger partial charge in [0, 0.05) is 12.1 Å². The number of amides is 1. The van der Waals surface area contributed by atoms with Crippen LogP contribution in [0.4, 0.5) is 13.2 Å². The molecular weight excluding hydrogens is 435 g/mol. The van der Waals surface area contributed by atoms with Crippen molar-refractivity contribution in [2.24, 2.45) is 0 Å². The molecule has 3 aromatic rings. The molecule has 0 fully saturated rings. The van der Waals surface area contributed by atoms with Crippen molar-refractivity contribution in [1.29, 1.82) is 0 Å². The molecule has 3 aromatic carbocycles. The zero-order valence-corrected chi connectivity index (χ0v) is 17.7. The van der Waals surface area contributed by atoms with Crippen molar-refractivity contribution in [3.63, 3.8) is 0 Å². The molecule has 1 atom stereocenters. The first-order valence-corrected chi connectivity index (χ1v) is 10.2. The van der Waals surface area contributed by atoms with E-state index in [4.69, 9.17) is 9.84 Å². The van der Waals surface area contributed by atoms with Crippen LogP contribution >= 0.6 is 0 Å². The fraction of sp³-hybridized carbons (Fsp3) is 0.200. The second kappa shape index (κ2) is 10.2. The van der Waals surface area contributed by atoms with Crippen molar-refractivity contribution < 1.29 is 32.6 Å². The Bertz CT molecular complexity index is 1090. The van der Waals surface area contributed by atoms with E-state index in [0.717, 1.165) is 23.3 Å². The van der Waals surface area contributed by atoms with Crippen LogP contribution in [0, 0.1) is 0 Å². The van der Waals surface area contributed by atoms with Crippen LogP contribution in [0.5, 0.6) is 5.75 Å². The van der Waals surface area contributed by atoms with E-state index in [9.17, 15) is 22.8 Å². The molecule has 0 aromatic heterocycles. The van der Waals surface area contributed by atoms with Crippen molar-refractivity contribution in [2.45, 2.75) is 25.6 Å². The lowest BCUT2D eigenvalue weighted by atomic mass is 10.0. The highest BCUT2D eigenvalue weighted by atomic mass is 19.4. The van der Waals surface area contributed by atoms with Crippen molar-refractivity contribution in [3.8, 4) is 16.9 Å². The first-order valence-electron chi connectivity index (χ1n) is 10.2. The van der Waals surface area contributed by atoms with Gasteiger partial charge in [-0.05, 0) is 60.0 Å². The Morgan fingerprint density at radius 1 is 0.909 bits per heavy atom. The van der Waals surface area contributed by atoms with E-state index in [2.05, 4.69) is 5.32 Å². The van der Waals surface area contributed by atoms with Crippen LogP contribution < -0.4 is 10.1 Å². The number of halogens is 3. The van der Waals surface area contributed by atoms with Gasteiger partial charge in [0.25, 0.3) is 5.91 Å². The average Bonchev–Trinajstić information content (AvgIpc) is 2.79. The summed E-state index contributed by atoms with van der Waals surface area (Å²) in [6, 6.07) is 18.8. The normalized spacial score (nSPS) is 12.1. The van der Waals surface area contributed by atoms with Gasteiger partial charge in [-0.2, -0.15) is 13.2 Å². The molecule has 0 saturated heterocycles. The molecule has 0 spiro atoms. The quantitative estimate of drug-likeness (QED) is 0.454. The molecule has 8 heteroatoms. The number of carbonyl (C=O) groups excluding carboxylic acids is 1. The Hall–Kier alpha value is -3.81. The standard InChI is InChI=1S/C25H22F3NO4/c1-16(33-22-12-8-20(9-13-22)24(32)29-15-14-23(30)31)17-2-4-18(5-3-17)19-6-10-21(11-7-19)25(26,27)28/h2-13,16H,14-15H2,1H3,(H,29,32)(H,30,31). The second-order valence-electron chi connectivity index (χ2n) is 7.38. The van der Waals surface area contributed by atoms with E-state index in [1.54, 1.807) is 24.3 Å². The van der Waals surface area contributed by atoms with E-state index < -0.39 is 17.7 Å². The van der Waals surface area contributed by atoms with E-state index in [1.165, 1.54) is 12.1 Å². The molecule has 1 unspecified atom stereocenters. The SMILES string of the molecule is CC(Oc1ccc(C(=O)NCCC(=O)O)cc1)c1ccc(-c2ccc(C(F)(F)F)cc2)cc1. The van der Waals surface area contributed by atoms with E-state index in [-0.39, 0.29) is 25.0 Å².